The number of fused-ring (bicyclic) bond motifs is 1. The van der Waals surface area contributed by atoms with Crippen LogP contribution in [0.5, 0.6) is 0 Å². The molecule has 20 heavy (non-hydrogen) atoms. The molecule has 0 bridgehead atoms. The quantitative estimate of drug-likeness (QED) is 0.925. The Morgan fingerprint density at radius 1 is 1.40 bits per heavy atom. The minimum Gasteiger partial charge on any atom is -0.378 e. The zero-order chi connectivity index (χ0) is 13.9. The summed E-state index contributed by atoms with van der Waals surface area (Å²) >= 11 is 0. The Balaban J connectivity index is 2.01. The summed E-state index contributed by atoms with van der Waals surface area (Å²) in [6.07, 6.45) is 5.31. The molecule has 1 aromatic heterocycles. The normalized spacial score (nSPS) is 24.1. The molecule has 106 valence electrons. The first kappa shape index (κ1) is 13.5. The zero-order valence-corrected chi connectivity index (χ0v) is 12.2. The highest BCUT2D eigenvalue weighted by molar-refractivity contribution is 5.85. The van der Waals surface area contributed by atoms with Gasteiger partial charge in [-0.1, -0.05) is 25.1 Å². The van der Waals surface area contributed by atoms with Gasteiger partial charge in [-0.15, -0.1) is 0 Å². The zero-order valence-electron chi connectivity index (χ0n) is 12.2. The van der Waals surface area contributed by atoms with Crippen molar-refractivity contribution >= 4 is 10.8 Å². The van der Waals surface area contributed by atoms with Gasteiger partial charge in [0.25, 0.3) is 0 Å². The monoisotopic (exact) mass is 270 g/mol. The van der Waals surface area contributed by atoms with Gasteiger partial charge < -0.3 is 10.1 Å². The van der Waals surface area contributed by atoms with Crippen molar-refractivity contribution in [3.63, 3.8) is 0 Å². The van der Waals surface area contributed by atoms with E-state index in [1.165, 1.54) is 16.3 Å². The van der Waals surface area contributed by atoms with E-state index in [9.17, 15) is 0 Å². The molecule has 0 aliphatic carbocycles. The molecule has 1 aromatic carbocycles. The fourth-order valence-electron chi connectivity index (χ4n) is 3.25. The Morgan fingerprint density at radius 2 is 2.30 bits per heavy atom. The van der Waals surface area contributed by atoms with Gasteiger partial charge in [-0.3, -0.25) is 4.98 Å². The lowest BCUT2D eigenvalue weighted by Gasteiger charge is -2.25. The smallest absolute Gasteiger partial charge is 0.0551 e. The molecule has 0 spiro atoms. The second-order valence-corrected chi connectivity index (χ2v) is 5.62. The van der Waals surface area contributed by atoms with E-state index in [1.807, 2.05) is 12.4 Å². The number of nitrogens with zero attached hydrogens (tertiary/aromatic N) is 1. The summed E-state index contributed by atoms with van der Waals surface area (Å²) in [7, 11) is 0. The third-order valence-electron chi connectivity index (χ3n) is 4.17. The number of benzene rings is 1. The minimum absolute atomic E-state index is 0.357. The van der Waals surface area contributed by atoms with Crippen molar-refractivity contribution in [1.29, 1.82) is 0 Å². The summed E-state index contributed by atoms with van der Waals surface area (Å²) in [4.78, 5) is 4.22. The van der Waals surface area contributed by atoms with E-state index < -0.39 is 0 Å². The molecular formula is C17H22N2O. The van der Waals surface area contributed by atoms with Gasteiger partial charge in [-0.05, 0) is 36.9 Å². The SMILES string of the molecule is CCNC(c1cccc2cnccc12)C1COC(C)C1. The Labute approximate surface area is 120 Å². The average Bonchev–Trinajstić information content (AvgIpc) is 2.91. The standard InChI is InChI=1S/C17H22N2O/c1-3-19-17(14-9-12(2)20-11-14)16-6-4-5-13-10-18-8-7-15(13)16/h4-8,10,12,14,17,19H,3,9,11H2,1-2H3. The number of nitrogens with one attached hydrogen (secondary N) is 1. The maximum Gasteiger partial charge on any atom is 0.0551 e. The van der Waals surface area contributed by atoms with Crippen LogP contribution in [0.25, 0.3) is 10.8 Å². The van der Waals surface area contributed by atoms with E-state index >= 15 is 0 Å². The molecule has 2 heterocycles. The Morgan fingerprint density at radius 3 is 3.05 bits per heavy atom. The molecule has 3 nitrogen and oxygen atoms in total. The Bertz CT molecular complexity index is 579. The van der Waals surface area contributed by atoms with E-state index in [0.29, 0.717) is 18.1 Å². The number of hydrogen-bond donors (Lipinski definition) is 1. The summed E-state index contributed by atoms with van der Waals surface area (Å²) in [6.45, 7) is 6.15. The molecule has 3 unspecified atom stereocenters. The van der Waals surface area contributed by atoms with Crippen molar-refractivity contribution in [2.24, 2.45) is 5.92 Å². The van der Waals surface area contributed by atoms with Gasteiger partial charge in [0.05, 0.1) is 12.7 Å². The van der Waals surface area contributed by atoms with E-state index in [-0.39, 0.29) is 0 Å². The summed E-state index contributed by atoms with van der Waals surface area (Å²) in [5, 5.41) is 6.16. The molecule has 3 atom stereocenters. The lowest BCUT2D eigenvalue weighted by molar-refractivity contribution is 0.117. The molecule has 0 saturated carbocycles. The van der Waals surface area contributed by atoms with Gasteiger partial charge in [-0.2, -0.15) is 0 Å². The summed E-state index contributed by atoms with van der Waals surface area (Å²) in [5.41, 5.74) is 1.37. The number of rotatable bonds is 4. The third kappa shape index (κ3) is 2.56. The van der Waals surface area contributed by atoms with Crippen LogP contribution in [0.3, 0.4) is 0 Å². The Kier molecular flexibility index (Phi) is 3.99. The lowest BCUT2D eigenvalue weighted by Crippen LogP contribution is -2.28. The van der Waals surface area contributed by atoms with E-state index in [1.54, 1.807) is 0 Å². The van der Waals surface area contributed by atoms with Gasteiger partial charge in [0.1, 0.15) is 0 Å². The first-order chi connectivity index (χ1) is 9.79. The number of aromatic nitrogens is 1. The number of hydrogen-bond acceptors (Lipinski definition) is 3. The second-order valence-electron chi connectivity index (χ2n) is 5.62. The summed E-state index contributed by atoms with van der Waals surface area (Å²) in [6, 6.07) is 8.97. The molecule has 0 radical (unpaired) electrons. The fraction of sp³-hybridized carbons (Fsp3) is 0.471. The third-order valence-corrected chi connectivity index (χ3v) is 4.17. The molecule has 1 N–H and O–H groups in total. The van der Waals surface area contributed by atoms with Gasteiger partial charge >= 0.3 is 0 Å². The van der Waals surface area contributed by atoms with Crippen LogP contribution in [-0.2, 0) is 4.74 Å². The van der Waals surface area contributed by atoms with Crippen LogP contribution in [0.1, 0.15) is 31.9 Å². The predicted octanol–water partition coefficient (Wildman–Crippen LogP) is 3.31. The van der Waals surface area contributed by atoms with Gasteiger partial charge in [0.15, 0.2) is 0 Å². The Hall–Kier alpha value is -1.45. The highest BCUT2D eigenvalue weighted by atomic mass is 16.5. The molecule has 3 rings (SSSR count). The summed E-state index contributed by atoms with van der Waals surface area (Å²) < 4.78 is 5.77. The van der Waals surface area contributed by atoms with Crippen molar-refractivity contribution in [2.45, 2.75) is 32.4 Å². The van der Waals surface area contributed by atoms with Gasteiger partial charge in [0, 0.05) is 29.7 Å². The van der Waals surface area contributed by atoms with E-state index in [2.05, 4.69) is 48.4 Å². The van der Waals surface area contributed by atoms with Crippen LogP contribution < -0.4 is 5.32 Å². The van der Waals surface area contributed by atoms with Crippen molar-refractivity contribution in [3.05, 3.63) is 42.2 Å². The van der Waals surface area contributed by atoms with E-state index in [4.69, 9.17) is 4.74 Å². The van der Waals surface area contributed by atoms with Crippen molar-refractivity contribution in [2.75, 3.05) is 13.2 Å². The molecule has 0 amide bonds. The molecular weight excluding hydrogens is 248 g/mol. The minimum atomic E-state index is 0.357. The van der Waals surface area contributed by atoms with Crippen LogP contribution >= 0.6 is 0 Å². The summed E-state index contributed by atoms with van der Waals surface area (Å²) in [5.74, 6) is 0.545. The van der Waals surface area contributed by atoms with Crippen LogP contribution in [0.4, 0.5) is 0 Å². The van der Waals surface area contributed by atoms with Crippen molar-refractivity contribution in [1.82, 2.24) is 10.3 Å². The molecule has 1 saturated heterocycles. The highest BCUT2D eigenvalue weighted by Crippen LogP contribution is 2.34. The average molecular weight is 270 g/mol. The van der Waals surface area contributed by atoms with Crippen LogP contribution in [0, 0.1) is 5.92 Å². The molecule has 1 aliphatic rings. The first-order valence-corrected chi connectivity index (χ1v) is 7.47. The van der Waals surface area contributed by atoms with Gasteiger partial charge in [-0.25, -0.2) is 0 Å². The lowest BCUT2D eigenvalue weighted by atomic mass is 9.88. The maximum atomic E-state index is 5.77. The molecule has 1 fully saturated rings. The number of pyridine rings is 1. The van der Waals surface area contributed by atoms with E-state index in [0.717, 1.165) is 19.6 Å². The molecule has 3 heteroatoms. The van der Waals surface area contributed by atoms with Crippen LogP contribution in [-0.4, -0.2) is 24.2 Å². The molecule has 2 aromatic rings. The predicted molar refractivity (Wildman–Crippen MR) is 81.7 cm³/mol. The van der Waals surface area contributed by atoms with Crippen molar-refractivity contribution in [3.8, 4) is 0 Å². The van der Waals surface area contributed by atoms with Crippen molar-refractivity contribution < 1.29 is 4.74 Å². The molecule has 1 aliphatic heterocycles. The topological polar surface area (TPSA) is 34.2 Å². The number of ether oxygens (including phenoxy) is 1. The van der Waals surface area contributed by atoms with Gasteiger partial charge in [0.2, 0.25) is 0 Å². The second kappa shape index (κ2) is 5.90. The first-order valence-electron chi connectivity index (χ1n) is 7.47. The van der Waals surface area contributed by atoms with Crippen LogP contribution in [0.2, 0.25) is 0 Å². The maximum absolute atomic E-state index is 5.77. The largest absolute Gasteiger partial charge is 0.378 e. The van der Waals surface area contributed by atoms with Crippen LogP contribution in [0.15, 0.2) is 36.7 Å². The fourth-order valence-corrected chi connectivity index (χ4v) is 3.25. The highest BCUT2D eigenvalue weighted by Gasteiger charge is 2.30.